The number of fused-ring (bicyclic) bond motifs is 6. The van der Waals surface area contributed by atoms with Gasteiger partial charge in [0.25, 0.3) is 0 Å². The maximum absolute atomic E-state index is 15.8. The molecule has 8 rings (SSSR count). The Kier molecular flexibility index (Phi) is 6.21. The topological polar surface area (TPSA) is 80.3 Å². The number of carbonyl (C=O) groups excluding carboxylic acids is 1. The van der Waals surface area contributed by atoms with Crippen molar-refractivity contribution in [2.45, 2.75) is 89.1 Å². The fraction of sp³-hybridized carbons (Fsp3) is 0.679. The van der Waals surface area contributed by atoms with Gasteiger partial charge in [0.1, 0.15) is 29.7 Å². The van der Waals surface area contributed by atoms with Gasteiger partial charge in [0.2, 0.25) is 0 Å². The van der Waals surface area contributed by atoms with Gasteiger partial charge < -0.3 is 24.0 Å². The molecule has 7 heterocycles. The van der Waals surface area contributed by atoms with Crippen molar-refractivity contribution < 1.29 is 27.8 Å². The number of aromatic nitrogens is 2. The summed E-state index contributed by atoms with van der Waals surface area (Å²) in [4.78, 5) is 28.3. The fourth-order valence-corrected chi connectivity index (χ4v) is 7.82. The predicted octanol–water partition coefficient (Wildman–Crippen LogP) is 4.71. The van der Waals surface area contributed by atoms with E-state index in [1.54, 1.807) is 4.90 Å². The Morgan fingerprint density at radius 1 is 1.18 bits per heavy atom. The van der Waals surface area contributed by atoms with Gasteiger partial charge in [-0.15, -0.1) is 0 Å². The summed E-state index contributed by atoms with van der Waals surface area (Å²) in [5.41, 5.74) is 0.875. The summed E-state index contributed by atoms with van der Waals surface area (Å²) in [5, 5.41) is 0.631. The highest BCUT2D eigenvalue weighted by Crippen LogP contribution is 2.46. The molecule has 0 radical (unpaired) electrons. The van der Waals surface area contributed by atoms with Crippen LogP contribution in [0, 0.1) is 5.82 Å². The van der Waals surface area contributed by atoms with Crippen LogP contribution in [0.3, 0.4) is 0 Å². The summed E-state index contributed by atoms with van der Waals surface area (Å²) in [5.74, 6) is 0.132. The number of hydrogen-bond donors (Lipinski definition) is 0. The number of nitrogens with zero attached hydrogens (tertiary/aromatic N) is 5. The molecule has 0 spiro atoms. The largest absolute Gasteiger partial charge is 0.461 e. The van der Waals surface area contributed by atoms with Gasteiger partial charge in [-0.05, 0) is 68.1 Å². The zero-order valence-electron chi connectivity index (χ0n) is 23.0. The third-order valence-corrected chi connectivity index (χ3v) is 9.84. The zero-order chi connectivity index (χ0) is 28.0. The first-order chi connectivity index (χ1) is 19.0. The molecule has 3 unspecified atom stereocenters. The normalized spacial score (nSPS) is 29.5. The van der Waals surface area contributed by atoms with E-state index in [9.17, 15) is 9.18 Å². The van der Waals surface area contributed by atoms with Crippen LogP contribution in [0.25, 0.3) is 10.9 Å². The number of alkyl halides is 1. The lowest BCUT2D eigenvalue weighted by Gasteiger charge is -2.56. The van der Waals surface area contributed by atoms with Gasteiger partial charge in [0.05, 0.1) is 40.7 Å². The molecular weight excluding hydrogens is 588 g/mol. The van der Waals surface area contributed by atoms with E-state index >= 15 is 4.39 Å². The van der Waals surface area contributed by atoms with E-state index in [1.807, 2.05) is 20.8 Å². The molecule has 0 saturated carbocycles. The number of benzene rings is 1. The van der Waals surface area contributed by atoms with Crippen LogP contribution in [-0.4, -0.2) is 88.0 Å². The van der Waals surface area contributed by atoms with E-state index in [-0.39, 0.29) is 41.8 Å². The quantitative estimate of drug-likeness (QED) is 0.485. The highest BCUT2D eigenvalue weighted by atomic mass is 79.9. The molecule has 9 nitrogen and oxygen atoms in total. The molecule has 5 fully saturated rings. The molecule has 5 saturated heterocycles. The summed E-state index contributed by atoms with van der Waals surface area (Å²) >= 11 is 3.42. The van der Waals surface area contributed by atoms with Gasteiger partial charge >= 0.3 is 12.1 Å². The van der Waals surface area contributed by atoms with E-state index < -0.39 is 17.6 Å². The lowest BCUT2D eigenvalue weighted by molar-refractivity contribution is 0.00843. The minimum Gasteiger partial charge on any atom is -0.461 e. The number of piperazine rings is 1. The third-order valence-electron chi connectivity index (χ3n) is 9.01. The van der Waals surface area contributed by atoms with Gasteiger partial charge in [0.15, 0.2) is 5.82 Å². The van der Waals surface area contributed by atoms with Crippen molar-refractivity contribution in [3.8, 4) is 6.01 Å². The van der Waals surface area contributed by atoms with Crippen LogP contribution >= 0.6 is 15.9 Å². The first kappa shape index (κ1) is 26.6. The summed E-state index contributed by atoms with van der Waals surface area (Å²) in [6.45, 7) is 8.72. The number of piperidine rings is 1. The Bertz CT molecular complexity index is 1380. The lowest BCUT2D eigenvalue weighted by atomic mass is 9.86. The van der Waals surface area contributed by atoms with E-state index in [1.165, 1.54) is 0 Å². The molecule has 2 bridgehead atoms. The summed E-state index contributed by atoms with van der Waals surface area (Å²) in [7, 11) is 0. The number of halogens is 3. The second-order valence-corrected chi connectivity index (χ2v) is 13.6. The van der Waals surface area contributed by atoms with Gasteiger partial charge in [-0.3, -0.25) is 4.90 Å². The van der Waals surface area contributed by atoms with E-state index in [0.717, 1.165) is 36.9 Å². The molecule has 1 aromatic carbocycles. The summed E-state index contributed by atoms with van der Waals surface area (Å²) < 4.78 is 48.1. The fourth-order valence-electron chi connectivity index (χ4n) is 7.28. The van der Waals surface area contributed by atoms with Crippen molar-refractivity contribution in [1.29, 1.82) is 0 Å². The van der Waals surface area contributed by atoms with Crippen molar-refractivity contribution in [3.05, 3.63) is 21.4 Å². The molecule has 40 heavy (non-hydrogen) atoms. The van der Waals surface area contributed by atoms with Crippen molar-refractivity contribution >= 4 is 38.7 Å². The minimum atomic E-state index is -0.874. The third kappa shape index (κ3) is 4.24. The molecule has 12 heteroatoms. The molecule has 0 N–H and O–H groups in total. The summed E-state index contributed by atoms with van der Waals surface area (Å²) in [6, 6.07) is 0.102. The van der Waals surface area contributed by atoms with Crippen LogP contribution in [0.1, 0.15) is 57.6 Å². The number of rotatable bonds is 4. The van der Waals surface area contributed by atoms with Crippen molar-refractivity contribution in [1.82, 2.24) is 19.8 Å². The van der Waals surface area contributed by atoms with Gasteiger partial charge in [-0.2, -0.15) is 9.97 Å². The number of amides is 1. The molecule has 216 valence electrons. The Balaban J connectivity index is 1.24. The Morgan fingerprint density at radius 3 is 2.67 bits per heavy atom. The summed E-state index contributed by atoms with van der Waals surface area (Å²) in [6.07, 6.45) is 1.98. The second-order valence-electron chi connectivity index (χ2n) is 12.8. The molecule has 2 aromatic rings. The number of hydrogen-bond acceptors (Lipinski definition) is 8. The Hall–Kier alpha value is -2.31. The van der Waals surface area contributed by atoms with Gasteiger partial charge in [-0.25, -0.2) is 13.6 Å². The van der Waals surface area contributed by atoms with Crippen LogP contribution in [0.4, 0.5) is 19.4 Å². The van der Waals surface area contributed by atoms with E-state index in [0.29, 0.717) is 54.9 Å². The van der Waals surface area contributed by atoms with Crippen molar-refractivity contribution in [2.75, 3.05) is 37.7 Å². The highest BCUT2D eigenvalue weighted by Gasteiger charge is 2.50. The first-order valence-electron chi connectivity index (χ1n) is 14.1. The van der Waals surface area contributed by atoms with Crippen LogP contribution in [0.2, 0.25) is 0 Å². The number of carbonyl (C=O) groups is 1. The Morgan fingerprint density at radius 2 is 1.93 bits per heavy atom. The molecule has 6 aliphatic heterocycles. The van der Waals surface area contributed by atoms with Gasteiger partial charge in [0, 0.05) is 31.6 Å². The van der Waals surface area contributed by atoms with Crippen LogP contribution in [0.5, 0.6) is 6.01 Å². The monoisotopic (exact) mass is 621 g/mol. The number of ether oxygens (including phenoxy) is 3. The molecule has 0 aliphatic carbocycles. The maximum atomic E-state index is 15.8. The minimum absolute atomic E-state index is 0.00735. The smallest absolute Gasteiger partial charge is 0.410 e. The van der Waals surface area contributed by atoms with Crippen molar-refractivity contribution in [3.63, 3.8) is 0 Å². The lowest BCUT2D eigenvalue weighted by Crippen LogP contribution is -2.70. The first-order valence-corrected chi connectivity index (χ1v) is 14.9. The molecule has 1 aromatic heterocycles. The van der Waals surface area contributed by atoms with Crippen LogP contribution in [0.15, 0.2) is 4.47 Å². The van der Waals surface area contributed by atoms with Crippen molar-refractivity contribution in [2.24, 2.45) is 0 Å². The highest BCUT2D eigenvalue weighted by molar-refractivity contribution is 9.10. The Labute approximate surface area is 240 Å². The zero-order valence-corrected chi connectivity index (χ0v) is 24.6. The average Bonchev–Trinajstić information content (AvgIpc) is 3.59. The maximum Gasteiger partial charge on any atom is 0.410 e. The predicted molar refractivity (Wildman–Crippen MR) is 147 cm³/mol. The SMILES string of the molecule is CC(C)(C)OC(=O)N1CC2CC(C1)N2c1nc(OC[C@@]23CCCN2CC(F)C3)nc2c(F)c(Br)c3c(c12)COC3. The molecular formula is C28H34BrF2N5O4. The van der Waals surface area contributed by atoms with Gasteiger partial charge in [-0.1, -0.05) is 0 Å². The molecule has 1 amide bonds. The average molecular weight is 623 g/mol. The second kappa shape index (κ2) is 9.35. The molecule has 4 atom stereocenters. The standard InChI is InChI=1S/C28H34BrF2N5O4/c1-27(2,3)40-26(37)34-10-16-7-17(11-34)36(16)24-20-18-12-38-13-19(18)21(29)22(31)23(20)32-25(33-24)39-14-28-5-4-6-35(28)9-15(30)8-28/h15-17H,4-14H2,1-3H3/t15?,16?,17?,28-/m0/s1. The molecule has 6 aliphatic rings. The van der Waals surface area contributed by atoms with Crippen LogP contribution in [-0.2, 0) is 22.7 Å². The van der Waals surface area contributed by atoms with E-state index in [2.05, 4.69) is 30.7 Å². The van der Waals surface area contributed by atoms with E-state index in [4.69, 9.17) is 19.2 Å². The van der Waals surface area contributed by atoms with Crippen LogP contribution < -0.4 is 9.64 Å². The number of anilines is 1.